The lowest BCUT2D eigenvalue weighted by molar-refractivity contribution is -0.131. The summed E-state index contributed by atoms with van der Waals surface area (Å²) in [4.78, 5) is 25.3. The largest absolute Gasteiger partial charge is 0.342 e. The van der Waals surface area contributed by atoms with Crippen molar-refractivity contribution in [2.24, 2.45) is 0 Å². The van der Waals surface area contributed by atoms with Gasteiger partial charge in [0.05, 0.1) is 19.5 Å². The van der Waals surface area contributed by atoms with Crippen molar-refractivity contribution in [3.63, 3.8) is 0 Å². The minimum atomic E-state index is -3.76. The highest BCUT2D eigenvalue weighted by molar-refractivity contribution is 7.88. The molecule has 1 fully saturated rings. The number of rotatable bonds is 10. The molecule has 0 aromatic rings. The van der Waals surface area contributed by atoms with Gasteiger partial charge in [-0.2, -0.15) is 4.31 Å². The standard InChI is InChI=1S/C15H27ClN2O7PS/c1-6-12(19)15(9-13(16)18(10-15)27(5,22)23)17-14(20)11(4)26(21,24-7-2)25-8-3/h11,13H,1,6-10H2,2-5H3,(H,17,20). The highest BCUT2D eigenvalue weighted by Crippen LogP contribution is 2.53. The van der Waals surface area contributed by atoms with Crippen LogP contribution in [-0.2, 0) is 33.2 Å². The summed E-state index contributed by atoms with van der Waals surface area (Å²) in [6.07, 6.45) is 0.669. The highest BCUT2D eigenvalue weighted by Gasteiger charge is 2.53. The quantitative estimate of drug-likeness (QED) is 0.307. The zero-order chi connectivity index (χ0) is 21.0. The predicted molar refractivity (Wildman–Crippen MR) is 102 cm³/mol. The maximum absolute atomic E-state index is 12.8. The van der Waals surface area contributed by atoms with Crippen LogP contribution < -0.4 is 5.32 Å². The number of amides is 1. The van der Waals surface area contributed by atoms with Crippen molar-refractivity contribution >= 4 is 40.9 Å². The molecule has 1 rings (SSSR count). The topological polar surface area (TPSA) is 119 Å². The van der Waals surface area contributed by atoms with Gasteiger partial charge in [-0.25, -0.2) is 8.42 Å². The molecular weight excluding hydrogens is 419 g/mol. The first-order chi connectivity index (χ1) is 12.4. The number of hydrogen-bond donors (Lipinski definition) is 1. The summed E-state index contributed by atoms with van der Waals surface area (Å²) in [5.41, 5.74) is -3.75. The second kappa shape index (κ2) is 9.33. The SMILES string of the molecule is [CH2]CC(=O)C1(NC(=O)C(C)P(=O)(OCC)OCC)CC(Cl)N(S(C)(=O)=O)C1. The van der Waals surface area contributed by atoms with Gasteiger partial charge >= 0.3 is 7.60 Å². The number of carbonyl (C=O) groups excluding carboxylic acids is 2. The Hall–Kier alpha value is -0.510. The van der Waals surface area contributed by atoms with Crippen molar-refractivity contribution in [2.75, 3.05) is 26.0 Å². The van der Waals surface area contributed by atoms with E-state index >= 15 is 0 Å². The first-order valence-corrected chi connectivity index (χ1v) is 12.4. The molecule has 0 bridgehead atoms. The third kappa shape index (κ3) is 5.52. The van der Waals surface area contributed by atoms with Crippen LogP contribution in [0.5, 0.6) is 0 Å². The van der Waals surface area contributed by atoms with Crippen LogP contribution in [-0.4, -0.2) is 67.1 Å². The Morgan fingerprint density at radius 3 is 2.26 bits per heavy atom. The van der Waals surface area contributed by atoms with Gasteiger partial charge in [0.25, 0.3) is 0 Å². The maximum Gasteiger partial charge on any atom is 0.342 e. The number of alkyl halides is 1. The van der Waals surface area contributed by atoms with Crippen LogP contribution in [0.1, 0.15) is 33.6 Å². The van der Waals surface area contributed by atoms with E-state index in [9.17, 15) is 22.6 Å². The van der Waals surface area contributed by atoms with Crippen molar-refractivity contribution in [3.05, 3.63) is 6.92 Å². The molecule has 1 N–H and O–H groups in total. The van der Waals surface area contributed by atoms with E-state index in [2.05, 4.69) is 12.2 Å². The molecule has 1 aliphatic heterocycles. The van der Waals surface area contributed by atoms with Crippen LogP contribution >= 0.6 is 19.2 Å². The molecule has 0 aromatic carbocycles. The third-order valence-corrected chi connectivity index (χ3v) is 8.44. The lowest BCUT2D eigenvalue weighted by atomic mass is 9.91. The smallest absolute Gasteiger partial charge is 0.341 e. The Bertz CT molecular complexity index is 707. The van der Waals surface area contributed by atoms with E-state index in [0.717, 1.165) is 10.6 Å². The van der Waals surface area contributed by atoms with Gasteiger partial charge in [0.1, 0.15) is 16.7 Å². The lowest BCUT2D eigenvalue weighted by Crippen LogP contribution is -2.58. The average molecular weight is 446 g/mol. The van der Waals surface area contributed by atoms with Gasteiger partial charge in [-0.1, -0.05) is 0 Å². The van der Waals surface area contributed by atoms with E-state index in [1.165, 1.54) is 6.92 Å². The van der Waals surface area contributed by atoms with E-state index < -0.39 is 46.0 Å². The summed E-state index contributed by atoms with van der Waals surface area (Å²) in [5.74, 6) is -1.22. The molecule has 157 valence electrons. The summed E-state index contributed by atoms with van der Waals surface area (Å²) in [5, 5.41) is 2.55. The van der Waals surface area contributed by atoms with Gasteiger partial charge in [0.2, 0.25) is 15.9 Å². The first-order valence-electron chi connectivity index (χ1n) is 8.51. The summed E-state index contributed by atoms with van der Waals surface area (Å²) < 4.78 is 47.9. The molecule has 1 heterocycles. The molecule has 0 aliphatic carbocycles. The second-order valence-electron chi connectivity index (χ2n) is 6.24. The monoisotopic (exact) mass is 445 g/mol. The fraction of sp³-hybridized carbons (Fsp3) is 0.800. The van der Waals surface area contributed by atoms with E-state index in [1.54, 1.807) is 13.8 Å². The number of nitrogens with one attached hydrogen (secondary N) is 1. The van der Waals surface area contributed by atoms with E-state index in [1.807, 2.05) is 0 Å². The Kier molecular flexibility index (Phi) is 8.47. The van der Waals surface area contributed by atoms with Crippen molar-refractivity contribution in [1.82, 2.24) is 9.62 Å². The molecule has 3 atom stereocenters. The molecule has 0 saturated carbocycles. The molecule has 1 amide bonds. The Morgan fingerprint density at radius 1 is 1.37 bits per heavy atom. The van der Waals surface area contributed by atoms with Crippen molar-refractivity contribution < 1.29 is 31.6 Å². The highest BCUT2D eigenvalue weighted by atomic mass is 35.5. The van der Waals surface area contributed by atoms with E-state index in [0.29, 0.717) is 0 Å². The molecule has 27 heavy (non-hydrogen) atoms. The number of sulfonamides is 1. The predicted octanol–water partition coefficient (Wildman–Crippen LogP) is 1.52. The normalized spacial score (nSPS) is 25.3. The Balaban J connectivity index is 3.17. The van der Waals surface area contributed by atoms with Gasteiger partial charge in [-0.15, -0.1) is 11.6 Å². The Labute approximate surface area is 165 Å². The van der Waals surface area contributed by atoms with Gasteiger partial charge in [-0.05, 0) is 27.7 Å². The molecular formula is C15H27ClN2O7PS. The van der Waals surface area contributed by atoms with Crippen molar-refractivity contribution in [1.29, 1.82) is 0 Å². The van der Waals surface area contributed by atoms with Crippen LogP contribution in [0, 0.1) is 6.92 Å². The summed E-state index contributed by atoms with van der Waals surface area (Å²) in [7, 11) is -7.45. The third-order valence-electron chi connectivity index (χ3n) is 4.28. The van der Waals surface area contributed by atoms with Crippen molar-refractivity contribution in [3.8, 4) is 0 Å². The summed E-state index contributed by atoms with van der Waals surface area (Å²) in [6.45, 7) is 7.95. The molecule has 0 spiro atoms. The molecule has 1 radical (unpaired) electrons. The van der Waals surface area contributed by atoms with E-state index in [-0.39, 0.29) is 32.6 Å². The first kappa shape index (κ1) is 24.5. The van der Waals surface area contributed by atoms with Crippen LogP contribution in [0.4, 0.5) is 0 Å². The van der Waals surface area contributed by atoms with Crippen LogP contribution in [0.3, 0.4) is 0 Å². The van der Waals surface area contributed by atoms with Crippen LogP contribution in [0.2, 0.25) is 0 Å². The van der Waals surface area contributed by atoms with Crippen molar-refractivity contribution in [2.45, 2.75) is 50.3 Å². The molecule has 0 aromatic heterocycles. The number of nitrogens with zero attached hydrogens (tertiary/aromatic N) is 1. The number of carbonyl (C=O) groups is 2. The van der Waals surface area contributed by atoms with Gasteiger partial charge in [0.15, 0.2) is 5.78 Å². The van der Waals surface area contributed by atoms with Gasteiger partial charge in [-0.3, -0.25) is 14.2 Å². The molecule has 12 heteroatoms. The molecule has 3 unspecified atom stereocenters. The van der Waals surface area contributed by atoms with E-state index in [4.69, 9.17) is 20.6 Å². The lowest BCUT2D eigenvalue weighted by Gasteiger charge is -2.31. The average Bonchev–Trinajstić information content (AvgIpc) is 2.91. The Morgan fingerprint density at radius 2 is 1.89 bits per heavy atom. The maximum atomic E-state index is 12.8. The number of halogens is 1. The summed E-state index contributed by atoms with van der Waals surface area (Å²) >= 11 is 6.12. The fourth-order valence-corrected chi connectivity index (χ4v) is 6.16. The number of ketones is 1. The number of Topliss-reactive ketones (excluding diaryl/α,β-unsaturated/α-hetero) is 1. The second-order valence-corrected chi connectivity index (χ2v) is 11.1. The minimum Gasteiger partial charge on any atom is -0.341 e. The zero-order valence-corrected chi connectivity index (χ0v) is 18.4. The summed E-state index contributed by atoms with van der Waals surface area (Å²) in [6, 6.07) is 0. The van der Waals surface area contributed by atoms with Crippen LogP contribution in [0.15, 0.2) is 0 Å². The van der Waals surface area contributed by atoms with Crippen LogP contribution in [0.25, 0.3) is 0 Å². The number of hydrogen-bond acceptors (Lipinski definition) is 7. The van der Waals surface area contributed by atoms with Gasteiger partial charge < -0.3 is 14.4 Å². The fourth-order valence-electron chi connectivity index (χ4n) is 2.85. The minimum absolute atomic E-state index is 0.0729. The zero-order valence-electron chi connectivity index (χ0n) is 15.9. The molecule has 1 saturated heterocycles. The van der Waals surface area contributed by atoms with Gasteiger partial charge in [0, 0.05) is 19.4 Å². The molecule has 1 aliphatic rings. The molecule has 9 nitrogen and oxygen atoms in total.